The average molecular weight is 445 g/mol. The van der Waals surface area contributed by atoms with Gasteiger partial charge in [-0.3, -0.25) is 0 Å². The molecular weight excluding hydrogens is 426 g/mol. The van der Waals surface area contributed by atoms with Crippen molar-refractivity contribution in [3.8, 4) is 0 Å². The van der Waals surface area contributed by atoms with Crippen LogP contribution >= 0.6 is 57.0 Å². The highest BCUT2D eigenvalue weighted by molar-refractivity contribution is 7.50. The maximum absolute atomic E-state index is 6.06. The standard InChI is InChI=1S/C9H12Cl2Si.C7H7Cl3Si/c1-6-4-3-5-8(7(6)2)9(10,11)12;1-11(9,10)7-4-2-3-6(8)5-7/h3-5H,1-2,12H3;2-5H,1H3. The average Bonchev–Trinajstić information content (AvgIpc) is 2.40. The van der Waals surface area contributed by atoms with Gasteiger partial charge < -0.3 is 0 Å². The molecule has 126 valence electrons. The third-order valence-electron chi connectivity index (χ3n) is 3.41. The summed E-state index contributed by atoms with van der Waals surface area (Å²) in [7, 11) is 0.743. The Kier molecular flexibility index (Phi) is 8.00. The van der Waals surface area contributed by atoms with Gasteiger partial charge in [0, 0.05) is 5.02 Å². The molecule has 2 aromatic carbocycles. The molecule has 0 spiro atoms. The van der Waals surface area contributed by atoms with Crippen molar-refractivity contribution < 1.29 is 0 Å². The second kappa shape index (κ2) is 8.62. The molecule has 2 rings (SSSR count). The molecule has 0 radical (unpaired) electrons. The second-order valence-corrected chi connectivity index (χ2v) is 17.9. The van der Waals surface area contributed by atoms with Gasteiger partial charge >= 0.3 is 0 Å². The van der Waals surface area contributed by atoms with Crippen LogP contribution < -0.4 is 5.19 Å². The Morgan fingerprint density at radius 1 is 1.00 bits per heavy atom. The zero-order chi connectivity index (χ0) is 17.8. The summed E-state index contributed by atoms with van der Waals surface area (Å²) >= 11 is 29.8. The number of rotatable bonds is 2. The van der Waals surface area contributed by atoms with E-state index in [0.717, 1.165) is 21.0 Å². The second-order valence-electron chi connectivity index (χ2n) is 5.53. The molecule has 7 heteroatoms. The van der Waals surface area contributed by atoms with Crippen LogP contribution in [0.15, 0.2) is 42.5 Å². The summed E-state index contributed by atoms with van der Waals surface area (Å²) in [6.07, 6.45) is 0. The van der Waals surface area contributed by atoms with Crippen molar-refractivity contribution in [2.24, 2.45) is 0 Å². The fourth-order valence-electron chi connectivity index (χ4n) is 1.99. The molecule has 0 saturated carbocycles. The Morgan fingerprint density at radius 3 is 1.96 bits per heavy atom. The Morgan fingerprint density at radius 2 is 1.57 bits per heavy atom. The Bertz CT molecular complexity index is 660. The SMILES string of the molecule is C[Si](Cl)(Cl)c1cccc(Cl)c1.Cc1cccc(C([SiH3])(Cl)Cl)c1C. The third-order valence-corrected chi connectivity index (χ3v) is 7.22. The summed E-state index contributed by atoms with van der Waals surface area (Å²) in [6, 6.07) is 13.4. The van der Waals surface area contributed by atoms with E-state index in [1.54, 1.807) is 6.07 Å². The molecule has 0 aliphatic heterocycles. The van der Waals surface area contributed by atoms with Crippen molar-refractivity contribution >= 4 is 79.1 Å². The van der Waals surface area contributed by atoms with Crippen molar-refractivity contribution in [2.45, 2.75) is 24.4 Å². The van der Waals surface area contributed by atoms with Gasteiger partial charge in [0.2, 0.25) is 0 Å². The minimum Gasteiger partial charge on any atom is -0.140 e. The number of hydrogen-bond acceptors (Lipinski definition) is 0. The van der Waals surface area contributed by atoms with Gasteiger partial charge in [-0.05, 0) is 54.4 Å². The molecule has 0 heterocycles. The molecule has 0 atom stereocenters. The highest BCUT2D eigenvalue weighted by atomic mass is 35.7. The van der Waals surface area contributed by atoms with Gasteiger partial charge in [-0.15, -0.1) is 45.4 Å². The van der Waals surface area contributed by atoms with Gasteiger partial charge in [-0.1, -0.05) is 41.9 Å². The van der Waals surface area contributed by atoms with Crippen LogP contribution in [0.3, 0.4) is 0 Å². The highest BCUT2D eigenvalue weighted by Crippen LogP contribution is 2.33. The van der Waals surface area contributed by atoms with Crippen LogP contribution in [0.4, 0.5) is 0 Å². The van der Waals surface area contributed by atoms with Gasteiger partial charge in [0.25, 0.3) is 6.69 Å². The molecule has 0 unspecified atom stereocenters. The Labute approximate surface area is 166 Å². The smallest absolute Gasteiger partial charge is 0.140 e. The van der Waals surface area contributed by atoms with Crippen molar-refractivity contribution in [1.29, 1.82) is 0 Å². The van der Waals surface area contributed by atoms with Crippen molar-refractivity contribution in [3.63, 3.8) is 0 Å². The predicted molar refractivity (Wildman–Crippen MR) is 114 cm³/mol. The summed E-state index contributed by atoms with van der Waals surface area (Å²) in [5.41, 5.74) is 3.50. The zero-order valence-electron chi connectivity index (χ0n) is 13.4. The van der Waals surface area contributed by atoms with E-state index in [1.807, 2.05) is 36.9 Å². The number of hydrogen-bond donors (Lipinski definition) is 0. The van der Waals surface area contributed by atoms with Crippen molar-refractivity contribution in [2.75, 3.05) is 0 Å². The van der Waals surface area contributed by atoms with E-state index in [-0.39, 0.29) is 0 Å². The molecule has 23 heavy (non-hydrogen) atoms. The maximum Gasteiger partial charge on any atom is 0.277 e. The quantitative estimate of drug-likeness (QED) is 0.333. The lowest BCUT2D eigenvalue weighted by atomic mass is 10.0. The van der Waals surface area contributed by atoms with E-state index in [9.17, 15) is 0 Å². The molecule has 0 N–H and O–H groups in total. The fraction of sp³-hybridized carbons (Fsp3) is 0.250. The lowest BCUT2D eigenvalue weighted by molar-refractivity contribution is 1.16. The predicted octanol–water partition coefficient (Wildman–Crippen LogP) is 5.35. The Balaban J connectivity index is 0.000000231. The summed E-state index contributed by atoms with van der Waals surface area (Å²) in [5.74, 6) is 0. The number of halogens is 5. The normalized spacial score (nSPS) is 11.8. The van der Waals surface area contributed by atoms with E-state index in [0.29, 0.717) is 5.02 Å². The van der Waals surface area contributed by atoms with E-state index in [2.05, 4.69) is 19.9 Å². The molecular formula is C16H19Cl5Si2. The lowest BCUT2D eigenvalue weighted by Gasteiger charge is -2.17. The van der Waals surface area contributed by atoms with Crippen molar-refractivity contribution in [3.05, 3.63) is 64.2 Å². The summed E-state index contributed by atoms with van der Waals surface area (Å²) < 4.78 is -0.643. The molecule has 0 aromatic heterocycles. The van der Waals surface area contributed by atoms with Gasteiger partial charge in [0.05, 0.1) is 10.2 Å². The van der Waals surface area contributed by atoms with Crippen LogP contribution in [-0.4, -0.2) is 16.9 Å². The highest BCUT2D eigenvalue weighted by Gasteiger charge is 2.23. The molecule has 0 fully saturated rings. The molecule has 0 nitrogen and oxygen atoms in total. The van der Waals surface area contributed by atoms with Crippen LogP contribution in [0.2, 0.25) is 11.6 Å². The topological polar surface area (TPSA) is 0 Å². The van der Waals surface area contributed by atoms with Crippen LogP contribution in [0.25, 0.3) is 0 Å². The lowest BCUT2D eigenvalue weighted by Crippen LogP contribution is -2.32. The van der Waals surface area contributed by atoms with E-state index >= 15 is 0 Å². The van der Waals surface area contributed by atoms with Gasteiger partial charge in [-0.2, -0.15) is 0 Å². The van der Waals surface area contributed by atoms with Crippen LogP contribution in [0.1, 0.15) is 16.7 Å². The molecule has 0 aliphatic carbocycles. The first-order chi connectivity index (χ1) is 10.4. The fourth-order valence-corrected chi connectivity index (χ4v) is 4.72. The van der Waals surface area contributed by atoms with E-state index in [4.69, 9.17) is 57.0 Å². The van der Waals surface area contributed by atoms with Crippen LogP contribution in [0, 0.1) is 13.8 Å². The summed E-state index contributed by atoms with van der Waals surface area (Å²) in [4.78, 5) is 0. The molecule has 0 saturated heterocycles. The Hall–Kier alpha value is 0.324. The molecule has 0 aliphatic rings. The van der Waals surface area contributed by atoms with Crippen LogP contribution in [-0.2, 0) is 3.96 Å². The summed E-state index contributed by atoms with van der Waals surface area (Å²) in [6.45, 7) is 3.77. The van der Waals surface area contributed by atoms with Crippen LogP contribution in [0.5, 0.6) is 0 Å². The molecule has 0 amide bonds. The number of aryl methyl sites for hydroxylation is 1. The van der Waals surface area contributed by atoms with Gasteiger partial charge in [0.1, 0.15) is 3.96 Å². The molecule has 0 bridgehead atoms. The minimum absolute atomic E-state index is 0.643. The number of benzene rings is 2. The first-order valence-electron chi connectivity index (χ1n) is 7.01. The van der Waals surface area contributed by atoms with E-state index < -0.39 is 10.7 Å². The largest absolute Gasteiger partial charge is 0.277 e. The number of alkyl halides is 2. The first kappa shape index (κ1) is 21.4. The summed E-state index contributed by atoms with van der Waals surface area (Å²) in [5, 5.41) is 1.64. The van der Waals surface area contributed by atoms with Gasteiger partial charge in [0.15, 0.2) is 0 Å². The van der Waals surface area contributed by atoms with Crippen molar-refractivity contribution in [1.82, 2.24) is 0 Å². The molecule has 2 aromatic rings. The monoisotopic (exact) mass is 442 g/mol. The third kappa shape index (κ3) is 6.99. The zero-order valence-corrected chi connectivity index (χ0v) is 20.2. The van der Waals surface area contributed by atoms with Gasteiger partial charge in [-0.25, -0.2) is 0 Å². The first-order valence-corrected chi connectivity index (χ1v) is 13.7. The van der Waals surface area contributed by atoms with E-state index in [1.165, 1.54) is 11.1 Å². The maximum atomic E-state index is 6.06. The minimum atomic E-state index is -2.20.